The second-order valence-corrected chi connectivity index (χ2v) is 4.77. The van der Waals surface area contributed by atoms with Crippen molar-refractivity contribution in [3.8, 4) is 0 Å². The molecule has 1 atom stereocenters. The Morgan fingerprint density at radius 3 is 2.72 bits per heavy atom. The Morgan fingerprint density at radius 2 is 2.11 bits per heavy atom. The van der Waals surface area contributed by atoms with Gasteiger partial charge in [-0.05, 0) is 43.3 Å². The van der Waals surface area contributed by atoms with Crippen molar-refractivity contribution in [1.82, 2.24) is 5.32 Å². The molecule has 0 spiro atoms. The smallest absolute Gasteiger partial charge is 0.121 e. The second kappa shape index (κ2) is 6.07. The van der Waals surface area contributed by atoms with Crippen LogP contribution in [0.1, 0.15) is 30.0 Å². The summed E-state index contributed by atoms with van der Waals surface area (Å²) in [4.78, 5) is 0. The molecule has 1 aromatic heterocycles. The van der Waals surface area contributed by atoms with Crippen LogP contribution in [0.5, 0.6) is 0 Å². The fourth-order valence-electron chi connectivity index (χ4n) is 2.02. The summed E-state index contributed by atoms with van der Waals surface area (Å²) in [7, 11) is 1.95. The molecule has 2 rings (SSSR count). The molecule has 1 N–H and O–H groups in total. The van der Waals surface area contributed by atoms with Crippen molar-refractivity contribution < 1.29 is 4.42 Å². The van der Waals surface area contributed by atoms with Crippen molar-refractivity contribution in [2.24, 2.45) is 0 Å². The number of hydrogen-bond donors (Lipinski definition) is 1. The van der Waals surface area contributed by atoms with Crippen molar-refractivity contribution >= 4 is 11.6 Å². The molecule has 3 heteroatoms. The van der Waals surface area contributed by atoms with Crippen molar-refractivity contribution in [1.29, 1.82) is 0 Å². The second-order valence-electron chi connectivity index (χ2n) is 4.33. The Balaban J connectivity index is 2.14. The maximum Gasteiger partial charge on any atom is 0.121 e. The summed E-state index contributed by atoms with van der Waals surface area (Å²) >= 11 is 6.00. The summed E-state index contributed by atoms with van der Waals surface area (Å²) in [5.41, 5.74) is 1.20. The SMILES string of the molecule is CCc1ccc(C(Cc2cccc(Cl)c2)NC)o1. The van der Waals surface area contributed by atoms with Gasteiger partial charge in [0.25, 0.3) is 0 Å². The molecule has 1 heterocycles. The first kappa shape index (κ1) is 13.2. The molecule has 0 aliphatic rings. The van der Waals surface area contributed by atoms with Crippen LogP contribution in [0, 0.1) is 0 Å². The molecular formula is C15H18ClNO. The lowest BCUT2D eigenvalue weighted by atomic mass is 10.0. The molecule has 0 bridgehead atoms. The van der Waals surface area contributed by atoms with Gasteiger partial charge in [0, 0.05) is 11.4 Å². The minimum Gasteiger partial charge on any atom is -0.464 e. The van der Waals surface area contributed by atoms with Crippen LogP contribution in [0.25, 0.3) is 0 Å². The molecule has 2 nitrogen and oxygen atoms in total. The van der Waals surface area contributed by atoms with Gasteiger partial charge in [-0.15, -0.1) is 0 Å². The molecule has 1 unspecified atom stereocenters. The minimum atomic E-state index is 0.184. The van der Waals surface area contributed by atoms with Gasteiger partial charge in [0.05, 0.1) is 6.04 Å². The highest BCUT2D eigenvalue weighted by atomic mass is 35.5. The third-order valence-electron chi connectivity index (χ3n) is 3.05. The number of nitrogens with one attached hydrogen (secondary N) is 1. The Kier molecular flexibility index (Phi) is 4.45. The molecule has 1 aromatic carbocycles. The van der Waals surface area contributed by atoms with E-state index in [0.717, 1.165) is 29.4 Å². The van der Waals surface area contributed by atoms with Gasteiger partial charge >= 0.3 is 0 Å². The normalized spacial score (nSPS) is 12.6. The zero-order valence-electron chi connectivity index (χ0n) is 10.7. The number of likely N-dealkylation sites (N-methyl/N-ethyl adjacent to an activating group) is 1. The summed E-state index contributed by atoms with van der Waals surface area (Å²) < 4.78 is 5.79. The van der Waals surface area contributed by atoms with E-state index in [0.29, 0.717) is 0 Å². The molecule has 0 fully saturated rings. The van der Waals surface area contributed by atoms with Gasteiger partial charge in [-0.2, -0.15) is 0 Å². The van der Waals surface area contributed by atoms with Crippen LogP contribution in [-0.4, -0.2) is 7.05 Å². The average Bonchev–Trinajstić information content (AvgIpc) is 2.84. The molecule has 96 valence electrons. The van der Waals surface area contributed by atoms with Crippen LogP contribution in [0.4, 0.5) is 0 Å². The zero-order valence-corrected chi connectivity index (χ0v) is 11.5. The van der Waals surface area contributed by atoms with Gasteiger partial charge in [0.2, 0.25) is 0 Å². The summed E-state index contributed by atoms with van der Waals surface area (Å²) in [6.07, 6.45) is 1.79. The minimum absolute atomic E-state index is 0.184. The highest BCUT2D eigenvalue weighted by Gasteiger charge is 2.14. The lowest BCUT2D eigenvalue weighted by molar-refractivity contribution is 0.407. The molecule has 0 saturated heterocycles. The number of rotatable bonds is 5. The van der Waals surface area contributed by atoms with Gasteiger partial charge in [0.15, 0.2) is 0 Å². The number of halogens is 1. The molecule has 0 aliphatic carbocycles. The van der Waals surface area contributed by atoms with E-state index in [1.165, 1.54) is 5.56 Å². The quantitative estimate of drug-likeness (QED) is 0.882. The van der Waals surface area contributed by atoms with Crippen molar-refractivity contribution in [2.75, 3.05) is 7.05 Å². The highest BCUT2D eigenvalue weighted by molar-refractivity contribution is 6.30. The fourth-order valence-corrected chi connectivity index (χ4v) is 2.23. The van der Waals surface area contributed by atoms with E-state index in [-0.39, 0.29) is 6.04 Å². The summed E-state index contributed by atoms with van der Waals surface area (Å²) in [6.45, 7) is 2.09. The Morgan fingerprint density at radius 1 is 1.28 bits per heavy atom. The van der Waals surface area contributed by atoms with Crippen molar-refractivity contribution in [3.05, 3.63) is 58.5 Å². The molecule has 0 amide bonds. The van der Waals surface area contributed by atoms with E-state index in [2.05, 4.69) is 18.3 Å². The number of aryl methyl sites for hydroxylation is 1. The number of benzene rings is 1. The summed E-state index contributed by atoms with van der Waals surface area (Å²) in [5.74, 6) is 2.01. The number of furan rings is 1. The predicted octanol–water partition coefficient (Wildman–Crippen LogP) is 4.00. The van der Waals surface area contributed by atoms with Crippen LogP contribution in [0.2, 0.25) is 5.02 Å². The first-order chi connectivity index (χ1) is 8.72. The maximum absolute atomic E-state index is 6.00. The molecule has 2 aromatic rings. The van der Waals surface area contributed by atoms with Gasteiger partial charge in [0.1, 0.15) is 11.5 Å². The topological polar surface area (TPSA) is 25.2 Å². The van der Waals surface area contributed by atoms with Crippen LogP contribution in [0.3, 0.4) is 0 Å². The Labute approximate surface area is 113 Å². The van der Waals surface area contributed by atoms with Crippen LogP contribution in [0.15, 0.2) is 40.8 Å². The van der Waals surface area contributed by atoms with E-state index in [1.54, 1.807) is 0 Å². The van der Waals surface area contributed by atoms with E-state index in [4.69, 9.17) is 16.0 Å². The van der Waals surface area contributed by atoms with Crippen LogP contribution < -0.4 is 5.32 Å². The van der Waals surface area contributed by atoms with Gasteiger partial charge in [-0.25, -0.2) is 0 Å². The van der Waals surface area contributed by atoms with E-state index >= 15 is 0 Å². The molecule has 18 heavy (non-hydrogen) atoms. The average molecular weight is 264 g/mol. The fraction of sp³-hybridized carbons (Fsp3) is 0.333. The molecular weight excluding hydrogens is 246 g/mol. The zero-order chi connectivity index (χ0) is 13.0. The molecule has 0 aliphatic heterocycles. The molecule has 0 radical (unpaired) electrons. The van der Waals surface area contributed by atoms with E-state index in [9.17, 15) is 0 Å². The van der Waals surface area contributed by atoms with Gasteiger partial charge in [-0.3, -0.25) is 0 Å². The third kappa shape index (κ3) is 3.15. The van der Waals surface area contributed by atoms with Crippen LogP contribution >= 0.6 is 11.6 Å². The standard InChI is InChI=1S/C15H18ClNO/c1-3-13-7-8-15(18-13)14(17-2)10-11-5-4-6-12(16)9-11/h4-9,14,17H,3,10H2,1-2H3. The third-order valence-corrected chi connectivity index (χ3v) is 3.29. The van der Waals surface area contributed by atoms with E-state index in [1.807, 2.05) is 37.4 Å². The monoisotopic (exact) mass is 263 g/mol. The molecule has 0 saturated carbocycles. The van der Waals surface area contributed by atoms with Crippen LogP contribution in [-0.2, 0) is 12.8 Å². The Hall–Kier alpha value is -1.25. The highest BCUT2D eigenvalue weighted by Crippen LogP contribution is 2.22. The summed E-state index contributed by atoms with van der Waals surface area (Å²) in [6, 6.07) is 12.2. The van der Waals surface area contributed by atoms with Crippen molar-refractivity contribution in [3.63, 3.8) is 0 Å². The maximum atomic E-state index is 6.00. The first-order valence-electron chi connectivity index (χ1n) is 6.23. The largest absolute Gasteiger partial charge is 0.464 e. The lowest BCUT2D eigenvalue weighted by Gasteiger charge is -2.14. The van der Waals surface area contributed by atoms with Crippen molar-refractivity contribution in [2.45, 2.75) is 25.8 Å². The first-order valence-corrected chi connectivity index (χ1v) is 6.61. The van der Waals surface area contributed by atoms with Gasteiger partial charge in [-0.1, -0.05) is 30.7 Å². The summed E-state index contributed by atoms with van der Waals surface area (Å²) in [5, 5.41) is 4.06. The van der Waals surface area contributed by atoms with E-state index < -0.39 is 0 Å². The number of hydrogen-bond acceptors (Lipinski definition) is 2. The lowest BCUT2D eigenvalue weighted by Crippen LogP contribution is -2.18. The van der Waals surface area contributed by atoms with Gasteiger partial charge < -0.3 is 9.73 Å². The predicted molar refractivity (Wildman–Crippen MR) is 75.0 cm³/mol. The Bertz CT molecular complexity index is 507.